The highest BCUT2D eigenvalue weighted by molar-refractivity contribution is 6.34. The molecule has 3 atom stereocenters. The Balaban J connectivity index is 1.56. The van der Waals surface area contributed by atoms with Gasteiger partial charge in [0.25, 0.3) is 0 Å². The van der Waals surface area contributed by atoms with Crippen LogP contribution in [-0.2, 0) is 24.5 Å². The summed E-state index contributed by atoms with van der Waals surface area (Å²) in [6, 6.07) is 14.6. The first kappa shape index (κ1) is 34.4. The van der Waals surface area contributed by atoms with Crippen molar-refractivity contribution in [2.45, 2.75) is 63.6 Å². The van der Waals surface area contributed by atoms with Crippen molar-refractivity contribution in [3.63, 3.8) is 0 Å². The molecule has 47 heavy (non-hydrogen) atoms. The number of alkyl carbamates (subject to hydrolysis) is 1. The zero-order chi connectivity index (χ0) is 33.8. The number of nitrogens with one attached hydrogen (secondary N) is 1. The average Bonchev–Trinajstić information content (AvgIpc) is 3.37. The van der Waals surface area contributed by atoms with Gasteiger partial charge >= 0.3 is 6.09 Å². The highest BCUT2D eigenvalue weighted by Gasteiger charge is 2.54. The lowest BCUT2D eigenvalue weighted by atomic mass is 9.83. The van der Waals surface area contributed by atoms with Crippen LogP contribution in [0, 0.1) is 23.0 Å². The molecule has 12 heteroatoms. The fourth-order valence-corrected chi connectivity index (χ4v) is 6.06. The van der Waals surface area contributed by atoms with Gasteiger partial charge in [-0.25, -0.2) is 13.6 Å². The largest absolute Gasteiger partial charge is 0.488 e. The lowest BCUT2D eigenvalue weighted by molar-refractivity contribution is -0.165. The summed E-state index contributed by atoms with van der Waals surface area (Å²) in [5, 5.41) is 12.3. The van der Waals surface area contributed by atoms with Gasteiger partial charge in [-0.15, -0.1) is 0 Å². The maximum atomic E-state index is 16.4. The molecule has 1 amide bonds. The van der Waals surface area contributed by atoms with Crippen molar-refractivity contribution >= 4 is 17.7 Å². The first-order valence-corrected chi connectivity index (χ1v) is 15.7. The van der Waals surface area contributed by atoms with Gasteiger partial charge < -0.3 is 33.7 Å². The van der Waals surface area contributed by atoms with Gasteiger partial charge in [-0.2, -0.15) is 5.26 Å². The maximum Gasteiger partial charge on any atom is 0.407 e. The second kappa shape index (κ2) is 14.4. The minimum Gasteiger partial charge on any atom is -0.488 e. The van der Waals surface area contributed by atoms with E-state index in [4.69, 9.17) is 40.0 Å². The molecule has 9 nitrogen and oxygen atoms in total. The summed E-state index contributed by atoms with van der Waals surface area (Å²) in [7, 11) is 1.40. The molecule has 5 rings (SSSR count). The van der Waals surface area contributed by atoms with Crippen LogP contribution in [0.2, 0.25) is 5.02 Å². The molecule has 1 fully saturated rings. The van der Waals surface area contributed by atoms with Crippen LogP contribution < -0.4 is 14.8 Å². The van der Waals surface area contributed by atoms with Crippen molar-refractivity contribution in [2.24, 2.45) is 0 Å². The lowest BCUT2D eigenvalue weighted by Crippen LogP contribution is -2.46. The topological polar surface area (TPSA) is 108 Å². The average molecular weight is 671 g/mol. The summed E-state index contributed by atoms with van der Waals surface area (Å²) >= 11 is 6.61. The number of hydrogen-bond acceptors (Lipinski definition) is 8. The SMILES string of the molecule is CO[C@H]1c2c(cc(F)c(Cl)c2-c2c(C#N)ccc(OCCO[C@H]3CCCCO3)c2F)O[C@]1(COC(=O)NC(C)(C)C)c1ccccc1. The summed E-state index contributed by atoms with van der Waals surface area (Å²) in [4.78, 5) is 12.8. The molecule has 1 saturated heterocycles. The second-order valence-electron chi connectivity index (χ2n) is 12.3. The van der Waals surface area contributed by atoms with Crippen LogP contribution in [0.3, 0.4) is 0 Å². The number of methoxy groups -OCH3 is 1. The normalized spacial score (nSPS) is 20.6. The number of amides is 1. The highest BCUT2D eigenvalue weighted by Crippen LogP contribution is 2.57. The Labute approximate surface area is 277 Å². The van der Waals surface area contributed by atoms with Gasteiger partial charge in [-0.05, 0) is 52.2 Å². The summed E-state index contributed by atoms with van der Waals surface area (Å²) < 4.78 is 67.1. The van der Waals surface area contributed by atoms with E-state index in [2.05, 4.69) is 5.32 Å². The third kappa shape index (κ3) is 7.31. The molecule has 0 aromatic heterocycles. The number of rotatable bonds is 10. The summed E-state index contributed by atoms with van der Waals surface area (Å²) in [5.74, 6) is -2.06. The Bertz CT molecular complexity index is 1640. The number of halogens is 3. The van der Waals surface area contributed by atoms with Crippen LogP contribution in [0.15, 0.2) is 48.5 Å². The summed E-state index contributed by atoms with van der Waals surface area (Å²) in [6.45, 7) is 5.78. The molecule has 2 aliphatic rings. The molecule has 0 aliphatic carbocycles. The molecular weight excluding hydrogens is 634 g/mol. The highest BCUT2D eigenvalue weighted by atomic mass is 35.5. The minimum atomic E-state index is -1.55. The fourth-order valence-electron chi connectivity index (χ4n) is 5.81. The molecule has 2 aliphatic heterocycles. The maximum absolute atomic E-state index is 16.4. The Morgan fingerprint density at radius 3 is 2.55 bits per heavy atom. The number of benzene rings is 3. The molecule has 250 valence electrons. The molecule has 0 spiro atoms. The number of nitriles is 1. The molecule has 2 heterocycles. The fraction of sp³-hybridized carbons (Fsp3) is 0.429. The van der Waals surface area contributed by atoms with Crippen molar-refractivity contribution in [3.05, 3.63) is 81.9 Å². The molecule has 3 aromatic carbocycles. The lowest BCUT2D eigenvalue weighted by Gasteiger charge is -2.34. The van der Waals surface area contributed by atoms with Crippen molar-refractivity contribution in [2.75, 3.05) is 33.5 Å². The van der Waals surface area contributed by atoms with Crippen molar-refractivity contribution in [3.8, 4) is 28.7 Å². The van der Waals surface area contributed by atoms with E-state index in [9.17, 15) is 10.1 Å². The number of carbonyl (C=O) groups excluding carboxylic acids is 1. The van der Waals surface area contributed by atoms with Crippen molar-refractivity contribution in [1.82, 2.24) is 5.32 Å². The molecule has 0 radical (unpaired) electrons. The van der Waals surface area contributed by atoms with Gasteiger partial charge in [0.1, 0.15) is 30.9 Å². The predicted molar refractivity (Wildman–Crippen MR) is 169 cm³/mol. The molecule has 0 saturated carbocycles. The van der Waals surface area contributed by atoms with Gasteiger partial charge in [0.15, 0.2) is 23.5 Å². The van der Waals surface area contributed by atoms with Gasteiger partial charge in [0, 0.05) is 47.6 Å². The van der Waals surface area contributed by atoms with Gasteiger partial charge in [-0.3, -0.25) is 0 Å². The van der Waals surface area contributed by atoms with E-state index in [1.807, 2.05) is 6.07 Å². The van der Waals surface area contributed by atoms with Crippen molar-refractivity contribution in [1.29, 1.82) is 5.26 Å². The second-order valence-corrected chi connectivity index (χ2v) is 12.7. The standard InChI is InChI=1S/C35H37ClF2N2O7/c1-34(2,3)40-33(41)46-20-35(22-10-6-5-7-11-22)32(42-4)28-25(47-35)18-23(37)30(36)29(28)27-21(19-39)13-14-24(31(27)38)43-16-17-45-26-12-8-9-15-44-26/h5-7,10-11,13-14,18,26,32H,8-9,12,15-17,20H2,1-4H3,(H,40,41)/t26-,32-,35+/m0/s1. The van der Waals surface area contributed by atoms with E-state index in [-0.39, 0.29) is 59.9 Å². The van der Waals surface area contributed by atoms with Crippen LogP contribution in [0.25, 0.3) is 11.1 Å². The zero-order valence-electron chi connectivity index (χ0n) is 26.7. The number of ether oxygens (including phenoxy) is 6. The van der Waals surface area contributed by atoms with E-state index in [1.54, 1.807) is 51.1 Å². The van der Waals surface area contributed by atoms with E-state index in [1.165, 1.54) is 19.2 Å². The number of nitrogens with zero attached hydrogens (tertiary/aromatic N) is 1. The third-order valence-corrected chi connectivity index (χ3v) is 8.22. The summed E-state index contributed by atoms with van der Waals surface area (Å²) in [5.41, 5.74) is -1.98. The number of hydrogen-bond donors (Lipinski definition) is 1. The Morgan fingerprint density at radius 1 is 1.13 bits per heavy atom. The predicted octanol–water partition coefficient (Wildman–Crippen LogP) is 7.58. The van der Waals surface area contributed by atoms with E-state index < -0.39 is 40.0 Å². The van der Waals surface area contributed by atoms with Gasteiger partial charge in [0.2, 0.25) is 0 Å². The van der Waals surface area contributed by atoms with Crippen molar-refractivity contribution < 1.29 is 42.0 Å². The molecule has 3 aromatic rings. The molecule has 0 unspecified atom stereocenters. The zero-order valence-corrected chi connectivity index (χ0v) is 27.4. The third-order valence-electron chi connectivity index (χ3n) is 7.85. The first-order valence-electron chi connectivity index (χ1n) is 15.3. The number of carbonyl (C=O) groups is 1. The molecular formula is C35H37ClF2N2O7. The first-order chi connectivity index (χ1) is 22.5. The van der Waals surface area contributed by atoms with Crippen LogP contribution in [0.5, 0.6) is 11.5 Å². The molecule has 0 bridgehead atoms. The van der Waals surface area contributed by atoms with Crippen LogP contribution >= 0.6 is 11.6 Å². The Hall–Kier alpha value is -3.95. The van der Waals surface area contributed by atoms with Gasteiger partial charge in [-0.1, -0.05) is 41.9 Å². The van der Waals surface area contributed by atoms with Gasteiger partial charge in [0.05, 0.1) is 23.3 Å². The van der Waals surface area contributed by atoms with Crippen LogP contribution in [0.4, 0.5) is 13.6 Å². The van der Waals surface area contributed by atoms with E-state index in [0.717, 1.165) is 25.3 Å². The summed E-state index contributed by atoms with van der Waals surface area (Å²) in [6.07, 6.45) is 0.567. The number of fused-ring (bicyclic) bond motifs is 1. The Kier molecular flexibility index (Phi) is 10.6. The van der Waals surface area contributed by atoms with E-state index in [0.29, 0.717) is 12.2 Å². The minimum absolute atomic E-state index is 0.00793. The Morgan fingerprint density at radius 2 is 1.89 bits per heavy atom. The molecule has 1 N–H and O–H groups in total. The van der Waals surface area contributed by atoms with Crippen LogP contribution in [0.1, 0.15) is 62.8 Å². The monoisotopic (exact) mass is 670 g/mol. The smallest absolute Gasteiger partial charge is 0.407 e. The quantitative estimate of drug-likeness (QED) is 0.220. The van der Waals surface area contributed by atoms with E-state index >= 15 is 8.78 Å². The van der Waals surface area contributed by atoms with Crippen LogP contribution in [-0.4, -0.2) is 51.5 Å².